The summed E-state index contributed by atoms with van der Waals surface area (Å²) in [6.07, 6.45) is -0.712. The molecule has 0 saturated carbocycles. The topological polar surface area (TPSA) is 141 Å². The van der Waals surface area contributed by atoms with Gasteiger partial charge in [0.1, 0.15) is 0 Å². The second-order valence-corrected chi connectivity index (χ2v) is 9.03. The van der Waals surface area contributed by atoms with Gasteiger partial charge in [-0.05, 0) is 12.1 Å². The minimum absolute atomic E-state index is 0.0279. The normalized spacial score (nSPS) is 10.6. The quantitative estimate of drug-likeness (QED) is 0.444. The lowest BCUT2D eigenvalue weighted by molar-refractivity contribution is 0.155. The van der Waals surface area contributed by atoms with Gasteiger partial charge in [0.2, 0.25) is 11.0 Å². The molecule has 0 aliphatic rings. The van der Waals surface area contributed by atoms with Crippen LogP contribution in [-0.2, 0) is 24.4 Å². The zero-order chi connectivity index (χ0) is 23.8. The first kappa shape index (κ1) is 24.6. The van der Waals surface area contributed by atoms with E-state index in [4.69, 9.17) is 21.1 Å². The van der Waals surface area contributed by atoms with Gasteiger partial charge in [0.15, 0.2) is 5.82 Å². The number of methoxy groups -OCH3 is 1. The Kier molecular flexibility index (Phi) is 8.71. The minimum Gasteiger partial charge on any atom is -0.390 e. The van der Waals surface area contributed by atoms with Crippen LogP contribution < -0.4 is 20.9 Å². The minimum atomic E-state index is -0.712. The van der Waals surface area contributed by atoms with E-state index in [9.17, 15) is 14.4 Å². The van der Waals surface area contributed by atoms with E-state index in [1.54, 1.807) is 6.07 Å². The molecule has 33 heavy (non-hydrogen) atoms. The van der Waals surface area contributed by atoms with E-state index in [0.29, 0.717) is 16.7 Å². The fourth-order valence-electron chi connectivity index (χ4n) is 2.39. The molecular formula is C18H20ClN7O5S2. The van der Waals surface area contributed by atoms with E-state index in [2.05, 4.69) is 25.1 Å². The van der Waals surface area contributed by atoms with Gasteiger partial charge in [0.05, 0.1) is 30.6 Å². The van der Waals surface area contributed by atoms with Gasteiger partial charge in [-0.25, -0.2) is 19.3 Å². The van der Waals surface area contributed by atoms with Gasteiger partial charge in [0, 0.05) is 42.7 Å². The van der Waals surface area contributed by atoms with Gasteiger partial charge < -0.3 is 19.7 Å². The summed E-state index contributed by atoms with van der Waals surface area (Å²) in [5, 5.41) is 9.54. The van der Waals surface area contributed by atoms with E-state index < -0.39 is 12.1 Å². The molecule has 15 heteroatoms. The molecule has 0 aliphatic heterocycles. The summed E-state index contributed by atoms with van der Waals surface area (Å²) < 4.78 is 16.0. The summed E-state index contributed by atoms with van der Waals surface area (Å²) in [7, 11) is 3.00. The highest BCUT2D eigenvalue weighted by atomic mass is 35.5. The zero-order valence-corrected chi connectivity index (χ0v) is 20.0. The molecule has 3 aromatic rings. The van der Waals surface area contributed by atoms with Crippen LogP contribution in [0.2, 0.25) is 4.34 Å². The van der Waals surface area contributed by atoms with Crippen LogP contribution in [0.3, 0.4) is 0 Å². The molecule has 0 aromatic carbocycles. The molecule has 176 valence electrons. The predicted molar refractivity (Wildman–Crippen MR) is 123 cm³/mol. The summed E-state index contributed by atoms with van der Waals surface area (Å²) >= 11 is 8.22. The van der Waals surface area contributed by atoms with Crippen LogP contribution in [0.15, 0.2) is 29.1 Å². The van der Waals surface area contributed by atoms with Crippen molar-refractivity contribution in [2.75, 3.05) is 26.1 Å². The highest BCUT2D eigenvalue weighted by molar-refractivity contribution is 7.16. The number of nitrogens with one attached hydrogen (secondary N) is 2. The molecule has 0 fully saturated rings. The first-order valence-electron chi connectivity index (χ1n) is 9.45. The summed E-state index contributed by atoms with van der Waals surface area (Å²) in [6, 6.07) is 5.71. The van der Waals surface area contributed by atoms with Crippen LogP contribution in [-0.4, -0.2) is 56.9 Å². The maximum absolute atomic E-state index is 12.3. The van der Waals surface area contributed by atoms with Crippen molar-refractivity contribution in [1.82, 2.24) is 29.4 Å². The molecule has 12 nitrogen and oxygen atoms in total. The molecule has 0 unspecified atom stereocenters. The van der Waals surface area contributed by atoms with Crippen molar-refractivity contribution in [3.05, 3.63) is 49.7 Å². The summed E-state index contributed by atoms with van der Waals surface area (Å²) in [4.78, 5) is 42.5. The Morgan fingerprint density at radius 2 is 2.09 bits per heavy atom. The monoisotopic (exact) mass is 513 g/mol. The number of ether oxygens (including phenoxy) is 2. The number of amides is 3. The van der Waals surface area contributed by atoms with Crippen molar-refractivity contribution in [3.8, 4) is 5.88 Å². The number of nitrogens with zero attached hydrogens (tertiary/aromatic N) is 5. The van der Waals surface area contributed by atoms with Gasteiger partial charge in [-0.1, -0.05) is 11.6 Å². The molecule has 3 aromatic heterocycles. The van der Waals surface area contributed by atoms with E-state index in [-0.39, 0.29) is 36.3 Å². The van der Waals surface area contributed by atoms with E-state index >= 15 is 0 Å². The Hall–Kier alpha value is -3.07. The largest absolute Gasteiger partial charge is 0.416 e. The van der Waals surface area contributed by atoms with Gasteiger partial charge in [0.25, 0.3) is 5.56 Å². The van der Waals surface area contributed by atoms with Crippen molar-refractivity contribution < 1.29 is 19.1 Å². The smallest absolute Gasteiger partial charge is 0.390 e. The molecule has 0 atom stereocenters. The number of thiophene rings is 1. The fourth-order valence-corrected chi connectivity index (χ4v) is 3.99. The van der Waals surface area contributed by atoms with Gasteiger partial charge in [-0.3, -0.25) is 10.1 Å². The number of halogens is 1. The molecule has 0 bridgehead atoms. The number of anilines is 1. The lowest BCUT2D eigenvalue weighted by Gasteiger charge is -2.14. The third-order valence-corrected chi connectivity index (χ3v) is 5.87. The van der Waals surface area contributed by atoms with E-state index in [1.807, 2.05) is 6.07 Å². The van der Waals surface area contributed by atoms with Crippen LogP contribution in [0.4, 0.5) is 14.7 Å². The molecule has 0 spiro atoms. The standard InChI is InChI=1S/C18H20ClN7O5S2/c1-25(18(29)31-14-5-6-15(27)26(23-14)7-8-30-2)10-13-21-17(33-24-13)22-16(28)20-9-11-3-4-12(19)32-11/h3-6H,7-10H2,1-2H3,(H2,20,21,22,24,28). The van der Waals surface area contributed by atoms with Gasteiger partial charge >= 0.3 is 12.1 Å². The first-order valence-corrected chi connectivity index (χ1v) is 11.4. The maximum atomic E-state index is 12.3. The summed E-state index contributed by atoms with van der Waals surface area (Å²) in [5.74, 6) is 0.289. The molecule has 0 radical (unpaired) electrons. The summed E-state index contributed by atoms with van der Waals surface area (Å²) in [5.41, 5.74) is -0.338. The Morgan fingerprint density at radius 1 is 1.27 bits per heavy atom. The van der Waals surface area contributed by atoms with Crippen LogP contribution in [0, 0.1) is 0 Å². The average molecular weight is 514 g/mol. The van der Waals surface area contributed by atoms with Crippen LogP contribution >= 0.6 is 34.5 Å². The molecule has 3 heterocycles. The first-order chi connectivity index (χ1) is 15.8. The number of urea groups is 1. The number of hydrogen-bond donors (Lipinski definition) is 2. The molecule has 0 aliphatic carbocycles. The average Bonchev–Trinajstić information content (AvgIpc) is 3.40. The number of rotatable bonds is 9. The van der Waals surface area contributed by atoms with Crippen molar-refractivity contribution >= 4 is 51.7 Å². The van der Waals surface area contributed by atoms with Gasteiger partial charge in [-0.2, -0.15) is 4.37 Å². The summed E-state index contributed by atoms with van der Waals surface area (Å²) in [6.45, 7) is 0.881. The van der Waals surface area contributed by atoms with Crippen molar-refractivity contribution in [3.63, 3.8) is 0 Å². The SMILES string of the molecule is COCCn1nc(OC(=O)N(C)Cc2nsc(NC(=O)NCc3ccc(Cl)s3)n2)ccc1=O. The van der Waals surface area contributed by atoms with Gasteiger partial charge in [-0.15, -0.1) is 16.4 Å². The maximum Gasteiger partial charge on any atom is 0.416 e. The van der Waals surface area contributed by atoms with E-state index in [1.165, 1.54) is 42.5 Å². The lowest BCUT2D eigenvalue weighted by Crippen LogP contribution is -2.31. The number of carbonyl (C=O) groups excluding carboxylic acids is 2. The van der Waals surface area contributed by atoms with Crippen LogP contribution in [0.1, 0.15) is 10.7 Å². The predicted octanol–water partition coefficient (Wildman–Crippen LogP) is 2.41. The third kappa shape index (κ3) is 7.49. The Balaban J connectivity index is 1.49. The van der Waals surface area contributed by atoms with Crippen molar-refractivity contribution in [2.45, 2.75) is 19.6 Å². The Bertz CT molecular complexity index is 1170. The highest BCUT2D eigenvalue weighted by Gasteiger charge is 2.16. The fraction of sp³-hybridized carbons (Fsp3) is 0.333. The second kappa shape index (κ2) is 11.7. The van der Waals surface area contributed by atoms with Crippen molar-refractivity contribution in [2.24, 2.45) is 0 Å². The van der Waals surface area contributed by atoms with Crippen molar-refractivity contribution in [1.29, 1.82) is 0 Å². The molecule has 3 amide bonds. The van der Waals surface area contributed by atoms with Crippen LogP contribution in [0.5, 0.6) is 5.88 Å². The Morgan fingerprint density at radius 3 is 2.82 bits per heavy atom. The Labute approximate surface area is 201 Å². The molecule has 3 rings (SSSR count). The number of aromatic nitrogens is 4. The third-order valence-electron chi connectivity index (χ3n) is 3.97. The van der Waals surface area contributed by atoms with E-state index in [0.717, 1.165) is 21.1 Å². The molecular weight excluding hydrogens is 494 g/mol. The highest BCUT2D eigenvalue weighted by Crippen LogP contribution is 2.21. The van der Waals surface area contributed by atoms with Crippen LogP contribution in [0.25, 0.3) is 0 Å². The second-order valence-electron chi connectivity index (χ2n) is 6.48. The zero-order valence-electron chi connectivity index (χ0n) is 17.6. The number of hydrogen-bond acceptors (Lipinski definition) is 10. The number of carbonyl (C=O) groups is 2. The molecule has 2 N–H and O–H groups in total. The lowest BCUT2D eigenvalue weighted by atomic mass is 10.5. The molecule has 0 saturated heterocycles.